The van der Waals surface area contributed by atoms with Crippen LogP contribution in [0.5, 0.6) is 5.75 Å². The average molecular weight is 432 g/mol. The van der Waals surface area contributed by atoms with E-state index >= 15 is 0 Å². The molecule has 8 nitrogen and oxygen atoms in total. The molecule has 2 aromatic rings. The van der Waals surface area contributed by atoms with Crippen LogP contribution in [0.1, 0.15) is 19.4 Å². The van der Waals surface area contributed by atoms with E-state index in [1.807, 2.05) is 6.92 Å². The Bertz CT molecular complexity index is 1070. The summed E-state index contributed by atoms with van der Waals surface area (Å²) in [7, 11) is -0.957. The van der Waals surface area contributed by atoms with Crippen molar-refractivity contribution in [2.75, 3.05) is 30.9 Å². The Morgan fingerprint density at radius 3 is 2.47 bits per heavy atom. The second-order valence-electron chi connectivity index (χ2n) is 7.27. The SMILES string of the molecule is COc1ccc(NC(=O)CN(C)S(=O)(=O)c2ccc3c(c2)C[C@@H](C)N3C(C)=O)cc1. The fourth-order valence-electron chi connectivity index (χ4n) is 3.59. The molecule has 1 aliphatic rings. The highest BCUT2D eigenvalue weighted by Crippen LogP contribution is 2.34. The molecule has 1 heterocycles. The summed E-state index contributed by atoms with van der Waals surface area (Å²) in [5.41, 5.74) is 2.08. The van der Waals surface area contributed by atoms with Crippen LogP contribution in [0.25, 0.3) is 0 Å². The van der Waals surface area contributed by atoms with Crippen molar-refractivity contribution in [1.82, 2.24) is 4.31 Å². The Kier molecular flexibility index (Phi) is 6.14. The molecule has 0 saturated heterocycles. The van der Waals surface area contributed by atoms with Crippen molar-refractivity contribution in [3.8, 4) is 5.75 Å². The molecule has 0 bridgehead atoms. The second-order valence-corrected chi connectivity index (χ2v) is 9.32. The van der Waals surface area contributed by atoms with Crippen LogP contribution in [0.2, 0.25) is 0 Å². The van der Waals surface area contributed by atoms with Crippen LogP contribution in [0.4, 0.5) is 11.4 Å². The first kappa shape index (κ1) is 21.8. The normalized spacial score (nSPS) is 15.8. The van der Waals surface area contributed by atoms with Crippen molar-refractivity contribution in [2.45, 2.75) is 31.2 Å². The lowest BCUT2D eigenvalue weighted by molar-refractivity contribution is -0.117. The van der Waals surface area contributed by atoms with E-state index in [2.05, 4.69) is 5.32 Å². The number of amides is 2. The zero-order valence-electron chi connectivity index (χ0n) is 17.4. The zero-order valence-corrected chi connectivity index (χ0v) is 18.2. The lowest BCUT2D eigenvalue weighted by atomic mass is 10.1. The van der Waals surface area contributed by atoms with Crippen LogP contribution in [-0.4, -0.2) is 51.3 Å². The van der Waals surface area contributed by atoms with E-state index in [1.54, 1.807) is 48.4 Å². The number of hydrogen-bond acceptors (Lipinski definition) is 5. The number of methoxy groups -OCH3 is 1. The minimum atomic E-state index is -3.86. The summed E-state index contributed by atoms with van der Waals surface area (Å²) in [5.74, 6) is 0.120. The van der Waals surface area contributed by atoms with Crippen molar-refractivity contribution in [3.05, 3.63) is 48.0 Å². The van der Waals surface area contributed by atoms with Crippen molar-refractivity contribution in [2.24, 2.45) is 0 Å². The van der Waals surface area contributed by atoms with Gasteiger partial charge in [0.2, 0.25) is 21.8 Å². The maximum absolute atomic E-state index is 12.9. The van der Waals surface area contributed by atoms with Crippen molar-refractivity contribution >= 4 is 33.2 Å². The Morgan fingerprint density at radius 2 is 1.87 bits per heavy atom. The van der Waals surface area contributed by atoms with E-state index < -0.39 is 15.9 Å². The molecule has 0 fully saturated rings. The standard InChI is InChI=1S/C21H25N3O5S/c1-14-11-16-12-19(9-10-20(16)24(14)15(2)25)30(27,28)23(3)13-21(26)22-17-5-7-18(29-4)8-6-17/h5-10,12,14H,11,13H2,1-4H3,(H,22,26)/t14-/m1/s1. The number of hydrogen-bond donors (Lipinski definition) is 1. The first-order valence-corrected chi connectivity index (χ1v) is 10.9. The molecule has 0 aromatic heterocycles. The number of benzene rings is 2. The topological polar surface area (TPSA) is 96.0 Å². The summed E-state index contributed by atoms with van der Waals surface area (Å²) < 4.78 is 32.0. The summed E-state index contributed by atoms with van der Waals surface area (Å²) >= 11 is 0. The average Bonchev–Trinajstić information content (AvgIpc) is 3.03. The van der Waals surface area contributed by atoms with Gasteiger partial charge in [-0.3, -0.25) is 9.59 Å². The molecule has 0 radical (unpaired) electrons. The van der Waals surface area contributed by atoms with Gasteiger partial charge in [0.25, 0.3) is 0 Å². The predicted molar refractivity (Wildman–Crippen MR) is 114 cm³/mol. The summed E-state index contributed by atoms with van der Waals surface area (Å²) in [5, 5.41) is 2.67. The van der Waals surface area contributed by atoms with E-state index in [1.165, 1.54) is 20.0 Å². The van der Waals surface area contributed by atoms with Gasteiger partial charge in [-0.05, 0) is 61.4 Å². The monoisotopic (exact) mass is 431 g/mol. The smallest absolute Gasteiger partial charge is 0.243 e. The molecule has 0 saturated carbocycles. The van der Waals surface area contributed by atoms with Gasteiger partial charge in [0.1, 0.15) is 5.75 Å². The molecule has 1 atom stereocenters. The van der Waals surface area contributed by atoms with Gasteiger partial charge in [0.05, 0.1) is 18.6 Å². The van der Waals surface area contributed by atoms with Crippen LogP contribution in [-0.2, 0) is 26.0 Å². The van der Waals surface area contributed by atoms with E-state index in [9.17, 15) is 18.0 Å². The summed E-state index contributed by atoms with van der Waals surface area (Å²) in [4.78, 5) is 25.9. The third-order valence-corrected chi connectivity index (χ3v) is 6.85. The minimum Gasteiger partial charge on any atom is -0.497 e. The Balaban J connectivity index is 1.72. The molecule has 9 heteroatoms. The number of fused-ring (bicyclic) bond motifs is 1. The summed E-state index contributed by atoms with van der Waals surface area (Å²) in [6, 6.07) is 11.4. The maximum atomic E-state index is 12.9. The minimum absolute atomic E-state index is 0.0246. The zero-order chi connectivity index (χ0) is 22.1. The van der Waals surface area contributed by atoms with Gasteiger partial charge in [-0.1, -0.05) is 0 Å². The molecule has 30 heavy (non-hydrogen) atoms. The number of nitrogens with one attached hydrogen (secondary N) is 1. The highest BCUT2D eigenvalue weighted by atomic mass is 32.2. The van der Waals surface area contributed by atoms with Gasteiger partial charge in [0.15, 0.2) is 0 Å². The molecular formula is C21H25N3O5S. The Labute approximate surface area is 176 Å². The highest BCUT2D eigenvalue weighted by molar-refractivity contribution is 7.89. The van der Waals surface area contributed by atoms with Crippen LogP contribution >= 0.6 is 0 Å². The molecule has 0 unspecified atom stereocenters. The molecule has 2 amide bonds. The number of likely N-dealkylation sites (N-methyl/N-ethyl adjacent to an activating group) is 1. The van der Waals surface area contributed by atoms with Crippen LogP contribution in [0, 0.1) is 0 Å². The number of rotatable bonds is 6. The predicted octanol–water partition coefficient (Wildman–Crippen LogP) is 2.25. The second kappa shape index (κ2) is 8.45. The molecule has 0 aliphatic carbocycles. The van der Waals surface area contributed by atoms with Gasteiger partial charge < -0.3 is 15.0 Å². The fourth-order valence-corrected chi connectivity index (χ4v) is 4.77. The number of nitrogens with zero attached hydrogens (tertiary/aromatic N) is 2. The number of carbonyl (C=O) groups is 2. The Hall–Kier alpha value is -2.91. The molecule has 0 spiro atoms. The lowest BCUT2D eigenvalue weighted by Gasteiger charge is -2.21. The van der Waals surface area contributed by atoms with Gasteiger partial charge >= 0.3 is 0 Å². The van der Waals surface area contributed by atoms with Crippen molar-refractivity contribution in [3.63, 3.8) is 0 Å². The van der Waals surface area contributed by atoms with Crippen LogP contribution in [0.3, 0.4) is 0 Å². The van der Waals surface area contributed by atoms with E-state index in [4.69, 9.17) is 4.74 Å². The highest BCUT2D eigenvalue weighted by Gasteiger charge is 2.31. The van der Waals surface area contributed by atoms with Gasteiger partial charge in [-0.25, -0.2) is 8.42 Å². The van der Waals surface area contributed by atoms with Crippen molar-refractivity contribution in [1.29, 1.82) is 0 Å². The summed E-state index contributed by atoms with van der Waals surface area (Å²) in [6.45, 7) is 3.08. The van der Waals surface area contributed by atoms with E-state index in [0.717, 1.165) is 15.6 Å². The largest absolute Gasteiger partial charge is 0.497 e. The van der Waals surface area contributed by atoms with Crippen LogP contribution < -0.4 is 15.0 Å². The number of ether oxygens (including phenoxy) is 1. The molecular weight excluding hydrogens is 406 g/mol. The number of carbonyl (C=O) groups excluding carboxylic acids is 2. The quantitative estimate of drug-likeness (QED) is 0.757. The molecule has 1 N–H and O–H groups in total. The first-order valence-electron chi connectivity index (χ1n) is 9.46. The molecule has 160 valence electrons. The fraction of sp³-hybridized carbons (Fsp3) is 0.333. The van der Waals surface area contributed by atoms with E-state index in [-0.39, 0.29) is 23.4 Å². The third kappa shape index (κ3) is 4.31. The third-order valence-electron chi connectivity index (χ3n) is 5.05. The molecule has 1 aliphatic heterocycles. The number of anilines is 2. The summed E-state index contributed by atoms with van der Waals surface area (Å²) in [6.07, 6.45) is 0.583. The first-order chi connectivity index (χ1) is 14.1. The molecule has 3 rings (SSSR count). The lowest BCUT2D eigenvalue weighted by Crippen LogP contribution is -2.35. The van der Waals surface area contributed by atoms with Gasteiger partial charge in [-0.15, -0.1) is 0 Å². The Morgan fingerprint density at radius 1 is 1.20 bits per heavy atom. The molecule has 2 aromatic carbocycles. The van der Waals surface area contributed by atoms with E-state index in [0.29, 0.717) is 17.9 Å². The maximum Gasteiger partial charge on any atom is 0.243 e. The van der Waals surface area contributed by atoms with Gasteiger partial charge in [-0.2, -0.15) is 4.31 Å². The van der Waals surface area contributed by atoms with Gasteiger partial charge in [0, 0.05) is 31.4 Å². The van der Waals surface area contributed by atoms with Crippen LogP contribution in [0.15, 0.2) is 47.4 Å². The number of sulfonamides is 1. The van der Waals surface area contributed by atoms with Crippen molar-refractivity contribution < 1.29 is 22.7 Å².